The van der Waals surface area contributed by atoms with Crippen LogP contribution in [-0.4, -0.2) is 76.4 Å². The minimum absolute atomic E-state index is 0. The van der Waals surface area contributed by atoms with Crippen molar-refractivity contribution in [1.29, 1.82) is 0 Å². The first-order valence-electron chi connectivity index (χ1n) is 8.65. The van der Waals surface area contributed by atoms with Crippen molar-refractivity contribution >= 4 is 35.9 Å². The van der Waals surface area contributed by atoms with Gasteiger partial charge < -0.3 is 20.1 Å². The van der Waals surface area contributed by atoms with E-state index in [0.717, 1.165) is 77.7 Å². The number of hydrogen-bond donors (Lipinski definition) is 2. The predicted molar refractivity (Wildman–Crippen MR) is 107 cm³/mol. The van der Waals surface area contributed by atoms with Gasteiger partial charge in [-0.15, -0.1) is 24.0 Å². The molecule has 0 unspecified atom stereocenters. The van der Waals surface area contributed by atoms with Crippen molar-refractivity contribution < 1.29 is 14.3 Å². The number of methoxy groups -OCH3 is 1. The van der Waals surface area contributed by atoms with Gasteiger partial charge in [0.1, 0.15) is 0 Å². The van der Waals surface area contributed by atoms with Crippen LogP contribution in [0.5, 0.6) is 0 Å². The van der Waals surface area contributed by atoms with Crippen LogP contribution in [0.4, 0.5) is 0 Å². The normalized spacial score (nSPS) is 15.5. The van der Waals surface area contributed by atoms with Crippen LogP contribution >= 0.6 is 24.0 Å². The Hall–Kier alpha value is -0.610. The average Bonchev–Trinajstić information content (AvgIpc) is 2.58. The van der Waals surface area contributed by atoms with Gasteiger partial charge in [-0.1, -0.05) is 0 Å². The minimum atomic E-state index is -0.145. The number of carbonyl (C=O) groups is 1. The molecule has 0 aromatic heterocycles. The van der Waals surface area contributed by atoms with Crippen LogP contribution in [0, 0.1) is 0 Å². The lowest BCUT2D eigenvalue weighted by Gasteiger charge is -2.26. The van der Waals surface area contributed by atoms with Crippen molar-refractivity contribution in [3.63, 3.8) is 0 Å². The second kappa shape index (κ2) is 15.9. The van der Waals surface area contributed by atoms with Gasteiger partial charge in [0, 0.05) is 45.7 Å². The average molecular weight is 456 g/mol. The molecule has 142 valence electrons. The molecule has 0 aliphatic carbocycles. The largest absolute Gasteiger partial charge is 0.469 e. The summed E-state index contributed by atoms with van der Waals surface area (Å²) >= 11 is 0. The third kappa shape index (κ3) is 11.9. The highest BCUT2D eigenvalue weighted by molar-refractivity contribution is 14.0. The third-order valence-electron chi connectivity index (χ3n) is 3.68. The summed E-state index contributed by atoms with van der Waals surface area (Å²) in [7, 11) is 1.42. The van der Waals surface area contributed by atoms with Gasteiger partial charge in [-0.3, -0.25) is 14.7 Å². The maximum atomic E-state index is 11.0. The van der Waals surface area contributed by atoms with Crippen molar-refractivity contribution in [3.05, 3.63) is 0 Å². The zero-order valence-corrected chi connectivity index (χ0v) is 17.3. The molecule has 0 amide bonds. The van der Waals surface area contributed by atoms with Crippen LogP contribution in [-0.2, 0) is 14.3 Å². The molecule has 1 aliphatic rings. The van der Waals surface area contributed by atoms with E-state index in [1.54, 1.807) is 0 Å². The van der Waals surface area contributed by atoms with E-state index in [0.29, 0.717) is 6.42 Å². The summed E-state index contributed by atoms with van der Waals surface area (Å²) in [6.45, 7) is 9.36. The Morgan fingerprint density at radius 1 is 1.21 bits per heavy atom. The first kappa shape index (κ1) is 23.4. The van der Waals surface area contributed by atoms with E-state index in [-0.39, 0.29) is 29.9 Å². The number of morpholine rings is 1. The van der Waals surface area contributed by atoms with E-state index in [4.69, 9.17) is 4.74 Å². The zero-order valence-electron chi connectivity index (χ0n) is 15.0. The molecule has 0 aromatic carbocycles. The van der Waals surface area contributed by atoms with Crippen LogP contribution in [0.2, 0.25) is 0 Å². The fourth-order valence-corrected chi connectivity index (χ4v) is 2.35. The fourth-order valence-electron chi connectivity index (χ4n) is 2.35. The molecule has 0 aromatic rings. The smallest absolute Gasteiger partial charge is 0.305 e. The number of rotatable bonds is 10. The predicted octanol–water partition coefficient (Wildman–Crippen LogP) is 1.23. The van der Waals surface area contributed by atoms with E-state index in [1.807, 2.05) is 0 Å². The Morgan fingerprint density at radius 3 is 2.62 bits per heavy atom. The van der Waals surface area contributed by atoms with Crippen molar-refractivity contribution in [2.75, 3.05) is 59.6 Å². The van der Waals surface area contributed by atoms with Gasteiger partial charge in [0.05, 0.1) is 20.3 Å². The van der Waals surface area contributed by atoms with Crippen molar-refractivity contribution in [1.82, 2.24) is 15.5 Å². The quantitative estimate of drug-likeness (QED) is 0.169. The molecule has 1 fully saturated rings. The van der Waals surface area contributed by atoms with Crippen molar-refractivity contribution in [2.45, 2.75) is 32.6 Å². The molecule has 7 nitrogen and oxygen atoms in total. The highest BCUT2D eigenvalue weighted by atomic mass is 127. The zero-order chi connectivity index (χ0) is 16.8. The van der Waals surface area contributed by atoms with Crippen LogP contribution in [0.15, 0.2) is 4.99 Å². The van der Waals surface area contributed by atoms with Crippen LogP contribution < -0.4 is 10.6 Å². The minimum Gasteiger partial charge on any atom is -0.469 e. The topological polar surface area (TPSA) is 75.2 Å². The number of hydrogen-bond acceptors (Lipinski definition) is 5. The summed E-state index contributed by atoms with van der Waals surface area (Å²) in [5, 5.41) is 6.55. The monoisotopic (exact) mass is 456 g/mol. The Morgan fingerprint density at radius 2 is 1.96 bits per heavy atom. The standard InChI is InChI=1S/C16H32N4O3.HI/c1-3-17-16(18-8-5-4-7-15(21)22-2)19-9-6-10-20-11-13-23-14-12-20;/h3-14H2,1-2H3,(H2,17,18,19);1H. The van der Waals surface area contributed by atoms with Crippen molar-refractivity contribution in [3.8, 4) is 0 Å². The van der Waals surface area contributed by atoms with Gasteiger partial charge in [0.15, 0.2) is 5.96 Å². The Bertz CT molecular complexity index is 350. The van der Waals surface area contributed by atoms with Crippen LogP contribution in [0.25, 0.3) is 0 Å². The molecule has 0 atom stereocenters. The molecular weight excluding hydrogens is 423 g/mol. The van der Waals surface area contributed by atoms with Gasteiger partial charge in [0.2, 0.25) is 0 Å². The van der Waals surface area contributed by atoms with E-state index >= 15 is 0 Å². The van der Waals surface area contributed by atoms with Crippen LogP contribution in [0.1, 0.15) is 32.6 Å². The van der Waals surface area contributed by atoms with E-state index in [9.17, 15) is 4.79 Å². The molecule has 0 radical (unpaired) electrons. The SMILES string of the molecule is CCNC(=NCCCN1CCOCC1)NCCCCC(=O)OC.I. The molecule has 2 N–H and O–H groups in total. The first-order valence-corrected chi connectivity index (χ1v) is 8.65. The lowest BCUT2D eigenvalue weighted by Crippen LogP contribution is -2.38. The van der Waals surface area contributed by atoms with Gasteiger partial charge in [-0.2, -0.15) is 0 Å². The number of aliphatic imine (C=N–C) groups is 1. The van der Waals surface area contributed by atoms with Gasteiger partial charge in [-0.25, -0.2) is 0 Å². The summed E-state index contributed by atoms with van der Waals surface area (Å²) in [6, 6.07) is 0. The molecular formula is C16H33IN4O3. The number of nitrogens with zero attached hydrogens (tertiary/aromatic N) is 2. The summed E-state index contributed by atoms with van der Waals surface area (Å²) in [5.74, 6) is 0.709. The number of esters is 1. The molecule has 1 saturated heterocycles. The Kier molecular flexibility index (Phi) is 15.5. The number of carbonyl (C=O) groups excluding carboxylic acids is 1. The summed E-state index contributed by atoms with van der Waals surface area (Å²) in [6.07, 6.45) is 3.29. The molecule has 1 rings (SSSR count). The second-order valence-electron chi connectivity index (χ2n) is 5.53. The number of nitrogens with one attached hydrogen (secondary N) is 2. The fraction of sp³-hybridized carbons (Fsp3) is 0.875. The third-order valence-corrected chi connectivity index (χ3v) is 3.68. The number of guanidine groups is 1. The van der Waals surface area contributed by atoms with Crippen molar-refractivity contribution in [2.24, 2.45) is 4.99 Å². The molecule has 1 aliphatic heterocycles. The molecule has 8 heteroatoms. The highest BCUT2D eigenvalue weighted by Crippen LogP contribution is 1.98. The molecule has 1 heterocycles. The highest BCUT2D eigenvalue weighted by Gasteiger charge is 2.09. The summed E-state index contributed by atoms with van der Waals surface area (Å²) in [4.78, 5) is 18.0. The summed E-state index contributed by atoms with van der Waals surface area (Å²) in [5.41, 5.74) is 0. The lowest BCUT2D eigenvalue weighted by atomic mass is 10.2. The molecule has 0 spiro atoms. The van der Waals surface area contributed by atoms with E-state index in [2.05, 4.69) is 32.2 Å². The second-order valence-corrected chi connectivity index (χ2v) is 5.53. The molecule has 0 bridgehead atoms. The van der Waals surface area contributed by atoms with Gasteiger partial charge >= 0.3 is 5.97 Å². The number of halogens is 1. The van der Waals surface area contributed by atoms with E-state index < -0.39 is 0 Å². The van der Waals surface area contributed by atoms with Gasteiger partial charge in [0.25, 0.3) is 0 Å². The lowest BCUT2D eigenvalue weighted by molar-refractivity contribution is -0.140. The Balaban J connectivity index is 0.00000529. The van der Waals surface area contributed by atoms with E-state index in [1.165, 1.54) is 7.11 Å². The number of unbranched alkanes of at least 4 members (excludes halogenated alkanes) is 1. The number of ether oxygens (including phenoxy) is 2. The maximum absolute atomic E-state index is 11.0. The maximum Gasteiger partial charge on any atom is 0.305 e. The van der Waals surface area contributed by atoms with Crippen LogP contribution in [0.3, 0.4) is 0 Å². The molecule has 0 saturated carbocycles. The summed E-state index contributed by atoms with van der Waals surface area (Å²) < 4.78 is 9.97. The Labute approximate surface area is 162 Å². The molecule has 24 heavy (non-hydrogen) atoms. The van der Waals surface area contributed by atoms with Gasteiger partial charge in [-0.05, 0) is 26.2 Å². The first-order chi connectivity index (χ1) is 11.3.